The normalized spacial score (nSPS) is 10.6. The van der Waals surface area contributed by atoms with E-state index in [1.807, 2.05) is 38.1 Å². The van der Waals surface area contributed by atoms with E-state index >= 15 is 0 Å². The fourth-order valence-electron chi connectivity index (χ4n) is 3.45. The highest BCUT2D eigenvalue weighted by molar-refractivity contribution is 5.95. The van der Waals surface area contributed by atoms with Gasteiger partial charge in [-0.1, -0.05) is 29.8 Å². The average Bonchev–Trinajstić information content (AvgIpc) is 2.75. The third kappa shape index (κ3) is 4.79. The first-order valence-corrected chi connectivity index (χ1v) is 10.1. The first-order valence-electron chi connectivity index (χ1n) is 10.1. The molecule has 3 aromatic rings. The Morgan fingerprint density at radius 3 is 2.45 bits per heavy atom. The van der Waals surface area contributed by atoms with Gasteiger partial charge in [0.15, 0.2) is 0 Å². The van der Waals surface area contributed by atoms with Crippen LogP contribution in [-0.4, -0.2) is 42.7 Å². The van der Waals surface area contributed by atoms with Crippen molar-refractivity contribution in [1.82, 2.24) is 9.47 Å². The standard InChI is InChI=1S/C25H28N2O4/c1-17-10-11-21(19(3)16-17)31-15-14-26(4)24(28)23-18(2)12-13-27(25(23)29)20-8-6-7-9-22(20)30-5/h6-13,16H,14-15H2,1-5H3. The number of carbonyl (C=O) groups excluding carboxylic acids is 1. The van der Waals surface area contributed by atoms with Crippen molar-refractivity contribution in [3.05, 3.63) is 87.3 Å². The van der Waals surface area contributed by atoms with Crippen molar-refractivity contribution >= 4 is 5.91 Å². The van der Waals surface area contributed by atoms with Gasteiger partial charge >= 0.3 is 0 Å². The van der Waals surface area contributed by atoms with E-state index in [0.717, 1.165) is 11.3 Å². The molecule has 6 nitrogen and oxygen atoms in total. The summed E-state index contributed by atoms with van der Waals surface area (Å²) in [4.78, 5) is 27.8. The molecule has 0 bridgehead atoms. The van der Waals surface area contributed by atoms with Crippen LogP contribution in [0.3, 0.4) is 0 Å². The van der Waals surface area contributed by atoms with Gasteiger partial charge in [0, 0.05) is 13.2 Å². The molecule has 1 heterocycles. The molecule has 0 fully saturated rings. The van der Waals surface area contributed by atoms with E-state index in [2.05, 4.69) is 6.07 Å². The summed E-state index contributed by atoms with van der Waals surface area (Å²) in [6, 6.07) is 15.0. The topological polar surface area (TPSA) is 60.8 Å². The van der Waals surface area contributed by atoms with Gasteiger partial charge in [0.25, 0.3) is 11.5 Å². The summed E-state index contributed by atoms with van der Waals surface area (Å²) >= 11 is 0. The van der Waals surface area contributed by atoms with E-state index in [-0.39, 0.29) is 17.0 Å². The number of aryl methyl sites for hydroxylation is 3. The molecule has 0 radical (unpaired) electrons. The fourth-order valence-corrected chi connectivity index (χ4v) is 3.45. The summed E-state index contributed by atoms with van der Waals surface area (Å²) in [5.74, 6) is 1.01. The molecule has 1 aromatic heterocycles. The molecule has 0 N–H and O–H groups in total. The van der Waals surface area contributed by atoms with Gasteiger partial charge in [-0.15, -0.1) is 0 Å². The summed E-state index contributed by atoms with van der Waals surface area (Å²) in [5, 5.41) is 0. The van der Waals surface area contributed by atoms with E-state index in [0.29, 0.717) is 30.2 Å². The summed E-state index contributed by atoms with van der Waals surface area (Å²) in [6.07, 6.45) is 1.66. The van der Waals surface area contributed by atoms with Gasteiger partial charge in [-0.2, -0.15) is 0 Å². The predicted octanol–water partition coefficient (Wildman–Crippen LogP) is 3.92. The minimum absolute atomic E-state index is 0.141. The van der Waals surface area contributed by atoms with Crippen LogP contribution in [0.4, 0.5) is 0 Å². The molecule has 0 spiro atoms. The SMILES string of the molecule is COc1ccccc1-n1ccc(C)c(C(=O)N(C)CCOc2ccc(C)cc2C)c1=O. The quantitative estimate of drug-likeness (QED) is 0.581. The molecule has 0 aliphatic carbocycles. The Balaban J connectivity index is 1.80. The molecule has 31 heavy (non-hydrogen) atoms. The largest absolute Gasteiger partial charge is 0.495 e. The van der Waals surface area contributed by atoms with E-state index < -0.39 is 0 Å². The lowest BCUT2D eigenvalue weighted by Gasteiger charge is -2.20. The number of ether oxygens (including phenoxy) is 2. The zero-order valence-corrected chi connectivity index (χ0v) is 18.6. The van der Waals surface area contributed by atoms with Gasteiger partial charge in [0.1, 0.15) is 23.7 Å². The second kappa shape index (κ2) is 9.51. The number of benzene rings is 2. The number of amides is 1. The summed E-state index contributed by atoms with van der Waals surface area (Å²) < 4.78 is 12.7. The molecule has 6 heteroatoms. The minimum atomic E-state index is -0.378. The van der Waals surface area contributed by atoms with Gasteiger partial charge in [-0.05, 0) is 56.2 Å². The van der Waals surface area contributed by atoms with Crippen molar-refractivity contribution in [3.63, 3.8) is 0 Å². The maximum absolute atomic E-state index is 13.2. The molecule has 0 atom stereocenters. The average molecular weight is 421 g/mol. The van der Waals surface area contributed by atoms with E-state index in [4.69, 9.17) is 9.47 Å². The molecule has 1 amide bonds. The molecule has 0 saturated carbocycles. The summed E-state index contributed by atoms with van der Waals surface area (Å²) in [6.45, 7) is 6.47. The maximum atomic E-state index is 13.2. The maximum Gasteiger partial charge on any atom is 0.268 e. The van der Waals surface area contributed by atoms with Gasteiger partial charge in [0.2, 0.25) is 0 Å². The lowest BCUT2D eigenvalue weighted by atomic mass is 10.1. The van der Waals surface area contributed by atoms with Crippen LogP contribution in [0.2, 0.25) is 0 Å². The van der Waals surface area contributed by atoms with Crippen LogP contribution in [0.15, 0.2) is 59.5 Å². The van der Waals surface area contributed by atoms with Crippen LogP contribution < -0.4 is 15.0 Å². The Morgan fingerprint density at radius 1 is 1.00 bits per heavy atom. The van der Waals surface area contributed by atoms with Gasteiger partial charge < -0.3 is 14.4 Å². The van der Waals surface area contributed by atoms with E-state index in [9.17, 15) is 9.59 Å². The number of para-hydroxylation sites is 2. The zero-order valence-electron chi connectivity index (χ0n) is 18.6. The van der Waals surface area contributed by atoms with Crippen LogP contribution in [0, 0.1) is 20.8 Å². The third-order valence-corrected chi connectivity index (χ3v) is 5.22. The second-order valence-corrected chi connectivity index (χ2v) is 7.56. The van der Waals surface area contributed by atoms with Crippen LogP contribution in [0.1, 0.15) is 27.0 Å². The minimum Gasteiger partial charge on any atom is -0.495 e. The van der Waals surface area contributed by atoms with Gasteiger partial charge in [-0.3, -0.25) is 14.2 Å². The van der Waals surface area contributed by atoms with Crippen molar-refractivity contribution in [2.24, 2.45) is 0 Å². The third-order valence-electron chi connectivity index (χ3n) is 5.22. The highest BCUT2D eigenvalue weighted by Crippen LogP contribution is 2.21. The molecule has 0 saturated heterocycles. The van der Waals surface area contributed by atoms with E-state index in [1.54, 1.807) is 45.5 Å². The first-order chi connectivity index (χ1) is 14.8. The van der Waals surface area contributed by atoms with Crippen molar-refractivity contribution < 1.29 is 14.3 Å². The Kier molecular flexibility index (Phi) is 6.80. The zero-order chi connectivity index (χ0) is 22.5. The van der Waals surface area contributed by atoms with Crippen molar-refractivity contribution in [1.29, 1.82) is 0 Å². The van der Waals surface area contributed by atoms with Crippen LogP contribution in [0.5, 0.6) is 11.5 Å². The molecular formula is C25H28N2O4. The number of likely N-dealkylation sites (N-methyl/N-ethyl adjacent to an activating group) is 1. The lowest BCUT2D eigenvalue weighted by Crippen LogP contribution is -2.37. The van der Waals surface area contributed by atoms with Crippen LogP contribution >= 0.6 is 0 Å². The van der Waals surface area contributed by atoms with Gasteiger partial charge in [-0.25, -0.2) is 0 Å². The monoisotopic (exact) mass is 420 g/mol. The highest BCUT2D eigenvalue weighted by Gasteiger charge is 2.21. The molecule has 0 aliphatic heterocycles. The molecule has 2 aromatic carbocycles. The number of nitrogens with zero attached hydrogens (tertiary/aromatic N) is 2. The molecule has 162 valence electrons. The predicted molar refractivity (Wildman–Crippen MR) is 122 cm³/mol. The molecule has 0 unspecified atom stereocenters. The highest BCUT2D eigenvalue weighted by atomic mass is 16.5. The number of methoxy groups -OCH3 is 1. The lowest BCUT2D eigenvalue weighted by molar-refractivity contribution is 0.0770. The number of carbonyl (C=O) groups is 1. The number of aromatic nitrogens is 1. The molecular weight excluding hydrogens is 392 g/mol. The van der Waals surface area contributed by atoms with Crippen LogP contribution in [-0.2, 0) is 0 Å². The Labute approximate surface area is 182 Å². The summed E-state index contributed by atoms with van der Waals surface area (Å²) in [7, 11) is 3.22. The van der Waals surface area contributed by atoms with Crippen molar-refractivity contribution in [3.8, 4) is 17.2 Å². The van der Waals surface area contributed by atoms with Gasteiger partial charge in [0.05, 0.1) is 19.3 Å². The molecule has 3 rings (SSSR count). The van der Waals surface area contributed by atoms with Crippen molar-refractivity contribution in [2.45, 2.75) is 20.8 Å². The summed E-state index contributed by atoms with van der Waals surface area (Å²) in [5.41, 5.74) is 3.20. The number of rotatable bonds is 7. The fraction of sp³-hybridized carbons (Fsp3) is 0.280. The van der Waals surface area contributed by atoms with Crippen molar-refractivity contribution in [2.75, 3.05) is 27.3 Å². The Bertz CT molecular complexity index is 1150. The number of hydrogen-bond donors (Lipinski definition) is 0. The smallest absolute Gasteiger partial charge is 0.268 e. The number of hydrogen-bond acceptors (Lipinski definition) is 4. The Hall–Kier alpha value is -3.54. The number of pyridine rings is 1. The van der Waals surface area contributed by atoms with E-state index in [1.165, 1.54) is 15.0 Å². The second-order valence-electron chi connectivity index (χ2n) is 7.56. The molecule has 0 aliphatic rings. The first kappa shape index (κ1) is 22.2. The Morgan fingerprint density at radius 2 is 1.74 bits per heavy atom. The van der Waals surface area contributed by atoms with Crippen LogP contribution in [0.25, 0.3) is 5.69 Å².